The van der Waals surface area contributed by atoms with Crippen molar-refractivity contribution in [3.63, 3.8) is 0 Å². The lowest BCUT2D eigenvalue weighted by Gasteiger charge is -2.32. The van der Waals surface area contributed by atoms with Crippen molar-refractivity contribution < 1.29 is 9.53 Å². The predicted octanol–water partition coefficient (Wildman–Crippen LogP) is 4.82. The third-order valence-corrected chi connectivity index (χ3v) is 7.52. The summed E-state index contributed by atoms with van der Waals surface area (Å²) in [6.07, 6.45) is 1.39. The number of imidazole rings is 1. The largest absolute Gasteiger partial charge is 0.497 e. The summed E-state index contributed by atoms with van der Waals surface area (Å²) < 4.78 is 9.09. The van der Waals surface area contributed by atoms with Crippen molar-refractivity contribution in [3.05, 3.63) is 82.5 Å². The van der Waals surface area contributed by atoms with Crippen LogP contribution in [0.2, 0.25) is 0 Å². The van der Waals surface area contributed by atoms with Crippen LogP contribution < -0.4 is 10.4 Å². The van der Waals surface area contributed by atoms with E-state index in [0.29, 0.717) is 37.3 Å². The van der Waals surface area contributed by atoms with Crippen LogP contribution >= 0.6 is 0 Å². The standard InChI is InChI=1S/C30H32N6O3/c1-30(2,3)26-18-27-31-23(17-25(36(27)33-26)19-8-7-9-21(16-19)39-4)28(37)34-14-12-20(13-15-34)35-24-11-6-5-10-22(24)32-29(35)38/h5-11,16-18,20H,12-15H2,1-4H3,(H,32,38). The Bertz CT molecular complexity index is 1750. The van der Waals surface area contributed by atoms with E-state index in [0.717, 1.165) is 33.7 Å². The van der Waals surface area contributed by atoms with Crippen LogP contribution in [0.5, 0.6) is 5.75 Å². The number of carbonyl (C=O) groups excluding carboxylic acids is 1. The number of rotatable bonds is 4. The van der Waals surface area contributed by atoms with Crippen LogP contribution in [-0.4, -0.2) is 55.2 Å². The molecular formula is C30H32N6O3. The number of hydrogen-bond acceptors (Lipinski definition) is 5. The van der Waals surface area contributed by atoms with Crippen LogP contribution in [0.3, 0.4) is 0 Å². The number of fused-ring (bicyclic) bond motifs is 2. The van der Waals surface area contributed by atoms with Crippen molar-refractivity contribution in [2.24, 2.45) is 0 Å². The lowest BCUT2D eigenvalue weighted by atomic mass is 9.93. The molecule has 1 fully saturated rings. The number of likely N-dealkylation sites (tertiary alicyclic amines) is 1. The maximum atomic E-state index is 13.8. The van der Waals surface area contributed by atoms with Gasteiger partial charge in [0.25, 0.3) is 5.91 Å². The van der Waals surface area contributed by atoms with E-state index in [4.69, 9.17) is 14.8 Å². The molecule has 0 spiro atoms. The quantitative estimate of drug-likeness (QED) is 0.363. The molecule has 1 N–H and O–H groups in total. The Morgan fingerprint density at radius 1 is 1.03 bits per heavy atom. The average molecular weight is 525 g/mol. The molecule has 1 amide bonds. The Morgan fingerprint density at radius 2 is 1.79 bits per heavy atom. The maximum absolute atomic E-state index is 13.8. The maximum Gasteiger partial charge on any atom is 0.326 e. The number of aromatic amines is 1. The molecule has 1 saturated heterocycles. The van der Waals surface area contributed by atoms with Crippen molar-refractivity contribution in [2.45, 2.75) is 45.1 Å². The Kier molecular flexibility index (Phi) is 6.01. The molecule has 0 aliphatic carbocycles. The van der Waals surface area contributed by atoms with E-state index < -0.39 is 0 Å². The highest BCUT2D eigenvalue weighted by Gasteiger charge is 2.28. The van der Waals surface area contributed by atoms with Crippen LogP contribution in [0.25, 0.3) is 27.9 Å². The summed E-state index contributed by atoms with van der Waals surface area (Å²) in [4.78, 5) is 36.0. The molecule has 0 radical (unpaired) electrons. The van der Waals surface area contributed by atoms with E-state index in [1.807, 2.05) is 74.6 Å². The van der Waals surface area contributed by atoms with Gasteiger partial charge in [0, 0.05) is 36.2 Å². The summed E-state index contributed by atoms with van der Waals surface area (Å²) >= 11 is 0. The van der Waals surface area contributed by atoms with E-state index in [9.17, 15) is 9.59 Å². The Morgan fingerprint density at radius 3 is 2.54 bits per heavy atom. The molecular weight excluding hydrogens is 492 g/mol. The molecule has 6 rings (SSSR count). The Balaban J connectivity index is 1.33. The number of para-hydroxylation sites is 2. The molecule has 2 aromatic carbocycles. The highest BCUT2D eigenvalue weighted by Crippen LogP contribution is 2.30. The van der Waals surface area contributed by atoms with Crippen molar-refractivity contribution in [1.29, 1.82) is 0 Å². The number of benzene rings is 2. The molecule has 1 aliphatic heterocycles. The fraction of sp³-hybridized carbons (Fsp3) is 0.333. The van der Waals surface area contributed by atoms with Crippen molar-refractivity contribution in [2.75, 3.05) is 20.2 Å². The van der Waals surface area contributed by atoms with Crippen LogP contribution in [0.1, 0.15) is 55.8 Å². The second-order valence-corrected chi connectivity index (χ2v) is 11.1. The molecule has 200 valence electrons. The molecule has 1 aliphatic rings. The summed E-state index contributed by atoms with van der Waals surface area (Å²) in [6, 6.07) is 19.3. The summed E-state index contributed by atoms with van der Waals surface area (Å²) in [7, 11) is 1.63. The molecule has 0 unspecified atom stereocenters. The Labute approximate surface area is 226 Å². The van der Waals surface area contributed by atoms with Gasteiger partial charge in [-0.05, 0) is 43.2 Å². The smallest absolute Gasteiger partial charge is 0.326 e. The van der Waals surface area contributed by atoms with Crippen LogP contribution in [0, 0.1) is 0 Å². The third kappa shape index (κ3) is 4.47. The van der Waals surface area contributed by atoms with E-state index in [1.54, 1.807) is 7.11 Å². The van der Waals surface area contributed by atoms with E-state index in [2.05, 4.69) is 25.8 Å². The highest BCUT2D eigenvalue weighted by atomic mass is 16.5. The van der Waals surface area contributed by atoms with Gasteiger partial charge in [-0.2, -0.15) is 5.10 Å². The van der Waals surface area contributed by atoms with E-state index in [-0.39, 0.29) is 23.1 Å². The minimum absolute atomic E-state index is 0.0321. The molecule has 5 aromatic rings. The fourth-order valence-electron chi connectivity index (χ4n) is 5.36. The number of ether oxygens (including phenoxy) is 1. The predicted molar refractivity (Wildman–Crippen MR) is 150 cm³/mol. The SMILES string of the molecule is COc1cccc(-c2cc(C(=O)N3CCC(n4c(=O)[nH]c5ccccc54)CC3)nc3cc(C(C)(C)C)nn23)c1. The number of carbonyl (C=O) groups is 1. The summed E-state index contributed by atoms with van der Waals surface area (Å²) in [5.74, 6) is 0.605. The van der Waals surface area contributed by atoms with Gasteiger partial charge in [-0.25, -0.2) is 14.3 Å². The van der Waals surface area contributed by atoms with Gasteiger partial charge < -0.3 is 14.6 Å². The minimum Gasteiger partial charge on any atom is -0.497 e. The van der Waals surface area contributed by atoms with Crippen molar-refractivity contribution in [3.8, 4) is 17.0 Å². The first kappa shape index (κ1) is 24.9. The number of nitrogens with one attached hydrogen (secondary N) is 1. The molecule has 39 heavy (non-hydrogen) atoms. The van der Waals surface area contributed by atoms with Crippen molar-refractivity contribution in [1.82, 2.24) is 29.0 Å². The fourth-order valence-corrected chi connectivity index (χ4v) is 5.36. The number of hydrogen-bond donors (Lipinski definition) is 1. The third-order valence-electron chi connectivity index (χ3n) is 7.52. The van der Waals surface area contributed by atoms with Crippen LogP contribution in [0.15, 0.2) is 65.5 Å². The van der Waals surface area contributed by atoms with Gasteiger partial charge in [0.05, 0.1) is 29.5 Å². The van der Waals surface area contributed by atoms with Gasteiger partial charge in [-0.3, -0.25) is 9.36 Å². The van der Waals surface area contributed by atoms with E-state index >= 15 is 0 Å². The van der Waals surface area contributed by atoms with Crippen LogP contribution in [0.4, 0.5) is 0 Å². The first-order valence-corrected chi connectivity index (χ1v) is 13.3. The second kappa shape index (κ2) is 9.41. The average Bonchev–Trinajstić information content (AvgIpc) is 3.53. The summed E-state index contributed by atoms with van der Waals surface area (Å²) in [5, 5.41) is 4.85. The topological polar surface area (TPSA) is 97.5 Å². The molecule has 4 heterocycles. The Hall–Kier alpha value is -4.40. The van der Waals surface area contributed by atoms with Crippen molar-refractivity contribution >= 4 is 22.6 Å². The lowest BCUT2D eigenvalue weighted by Crippen LogP contribution is -2.40. The number of nitrogens with zero attached hydrogens (tertiary/aromatic N) is 5. The zero-order chi connectivity index (χ0) is 27.3. The number of H-pyrrole nitrogens is 1. The van der Waals surface area contributed by atoms with Crippen LogP contribution in [-0.2, 0) is 5.41 Å². The molecule has 3 aromatic heterocycles. The number of methoxy groups -OCH3 is 1. The number of amides is 1. The first-order chi connectivity index (χ1) is 18.7. The molecule has 0 atom stereocenters. The molecule has 0 bridgehead atoms. The monoisotopic (exact) mass is 524 g/mol. The van der Waals surface area contributed by atoms with Gasteiger partial charge in [-0.15, -0.1) is 0 Å². The van der Waals surface area contributed by atoms with Gasteiger partial charge in [0.1, 0.15) is 11.4 Å². The van der Waals surface area contributed by atoms with Gasteiger partial charge >= 0.3 is 5.69 Å². The number of piperidine rings is 1. The molecule has 0 saturated carbocycles. The lowest BCUT2D eigenvalue weighted by molar-refractivity contribution is 0.0689. The van der Waals surface area contributed by atoms with E-state index in [1.165, 1.54) is 0 Å². The summed E-state index contributed by atoms with van der Waals surface area (Å²) in [5.41, 5.74) is 5.02. The normalized spacial score (nSPS) is 14.8. The van der Waals surface area contributed by atoms with Gasteiger partial charge in [0.15, 0.2) is 5.65 Å². The minimum atomic E-state index is -0.175. The zero-order valence-electron chi connectivity index (χ0n) is 22.6. The second-order valence-electron chi connectivity index (χ2n) is 11.1. The van der Waals surface area contributed by atoms with Gasteiger partial charge in [-0.1, -0.05) is 45.0 Å². The first-order valence-electron chi connectivity index (χ1n) is 13.3. The summed E-state index contributed by atoms with van der Waals surface area (Å²) in [6.45, 7) is 7.41. The zero-order valence-corrected chi connectivity index (χ0v) is 22.6. The highest BCUT2D eigenvalue weighted by molar-refractivity contribution is 5.94. The molecule has 9 heteroatoms. The van der Waals surface area contributed by atoms with Gasteiger partial charge in [0.2, 0.25) is 0 Å². The number of aromatic nitrogens is 5. The molecule has 9 nitrogen and oxygen atoms in total.